The Morgan fingerprint density at radius 1 is 0.913 bits per heavy atom. The van der Waals surface area contributed by atoms with Gasteiger partial charge in [-0.25, -0.2) is 13.4 Å². The molecule has 3 heterocycles. The number of amides is 1. The third-order valence-electron chi connectivity index (χ3n) is 6.52. The maximum absolute atomic E-state index is 13.7. The van der Waals surface area contributed by atoms with Gasteiger partial charge in [0.2, 0.25) is 15.9 Å². The molecule has 246 valence electrons. The third-order valence-corrected chi connectivity index (χ3v) is 9.56. The minimum absolute atomic E-state index is 0.00563. The number of H-pyrrole nitrogens is 2. The van der Waals surface area contributed by atoms with Crippen molar-refractivity contribution >= 4 is 42.6 Å². The first-order valence-corrected chi connectivity index (χ1v) is 15.1. The molecule has 1 saturated heterocycles. The van der Waals surface area contributed by atoms with Gasteiger partial charge in [0.1, 0.15) is 22.2 Å². The van der Waals surface area contributed by atoms with E-state index in [0.717, 1.165) is 52.0 Å². The number of aromatic nitrogens is 3. The van der Waals surface area contributed by atoms with E-state index in [2.05, 4.69) is 30.0 Å². The number of sulfonamides is 1. The number of halogens is 6. The molecule has 0 radical (unpaired) electrons. The van der Waals surface area contributed by atoms with E-state index in [1.165, 1.54) is 17.0 Å². The normalized spacial score (nSPS) is 16.4. The Kier molecular flexibility index (Phi) is 8.75. The van der Waals surface area contributed by atoms with E-state index in [4.69, 9.17) is 0 Å². The number of carbonyl (C=O) groups excluding carboxylic acids is 1. The van der Waals surface area contributed by atoms with Gasteiger partial charge in [0, 0.05) is 26.2 Å². The van der Waals surface area contributed by atoms with Crippen molar-refractivity contribution in [2.75, 3.05) is 24.5 Å². The summed E-state index contributed by atoms with van der Waals surface area (Å²) < 4.78 is 111. The predicted molar refractivity (Wildman–Crippen MR) is 149 cm³/mol. The lowest BCUT2D eigenvalue weighted by atomic mass is 10.1. The molecule has 0 aliphatic carbocycles. The topological polar surface area (TPSA) is 167 Å². The summed E-state index contributed by atoms with van der Waals surface area (Å²) in [5.41, 5.74) is -1.13. The first-order chi connectivity index (χ1) is 21.5. The second-order valence-electron chi connectivity index (χ2n) is 9.59. The van der Waals surface area contributed by atoms with Crippen LogP contribution in [0.3, 0.4) is 0 Å². The summed E-state index contributed by atoms with van der Waals surface area (Å²) in [5, 5.41) is 6.98. The van der Waals surface area contributed by atoms with Crippen molar-refractivity contribution in [2.24, 2.45) is 0 Å². The fourth-order valence-corrected chi connectivity index (χ4v) is 7.05. The summed E-state index contributed by atoms with van der Waals surface area (Å²) >= 11 is 0.839. The number of alkyl halides is 6. The molecule has 1 fully saturated rings. The minimum Gasteiger partial charge on any atom is -0.406 e. The Balaban J connectivity index is 1.41. The standard InChI is InChI=1S/C25H20F6N6O7S2/c26-24(27,28)43-14-3-1-13(2-4-14)11-32-20(38)17-12-36(23-33-18-19(45-23)22(40)35-34-21(18)39)9-10-37(17)46(41,42)16-7-5-15(6-8-16)44-25(29,30)31/h1-8,17H,9-12H2,(H,32,38)(H,34,39)(H,35,40)/t17-/m1/s1. The van der Waals surface area contributed by atoms with E-state index in [1.54, 1.807) is 0 Å². The van der Waals surface area contributed by atoms with Gasteiger partial charge in [0.25, 0.3) is 11.1 Å². The highest BCUT2D eigenvalue weighted by Crippen LogP contribution is 2.31. The first kappa shape index (κ1) is 32.8. The van der Waals surface area contributed by atoms with Crippen LogP contribution in [0.25, 0.3) is 10.2 Å². The quantitative estimate of drug-likeness (QED) is 0.235. The average molecular weight is 695 g/mol. The zero-order valence-corrected chi connectivity index (χ0v) is 24.4. The highest BCUT2D eigenvalue weighted by atomic mass is 32.2. The Labute approximate surface area is 257 Å². The van der Waals surface area contributed by atoms with Crippen LogP contribution in [-0.4, -0.2) is 72.2 Å². The molecule has 1 amide bonds. The number of nitrogens with zero attached hydrogens (tertiary/aromatic N) is 3. The summed E-state index contributed by atoms with van der Waals surface area (Å²) in [6.45, 7) is -0.943. The average Bonchev–Trinajstić information content (AvgIpc) is 3.44. The molecule has 5 rings (SSSR count). The van der Waals surface area contributed by atoms with E-state index >= 15 is 0 Å². The number of nitrogens with one attached hydrogen (secondary N) is 3. The number of hydrogen-bond donors (Lipinski definition) is 3. The van der Waals surface area contributed by atoms with Crippen molar-refractivity contribution < 1.29 is 49.0 Å². The van der Waals surface area contributed by atoms with E-state index in [1.807, 2.05) is 0 Å². The Morgan fingerprint density at radius 2 is 1.48 bits per heavy atom. The molecule has 3 N–H and O–H groups in total. The van der Waals surface area contributed by atoms with Crippen LogP contribution in [0.2, 0.25) is 0 Å². The molecule has 1 atom stereocenters. The van der Waals surface area contributed by atoms with Gasteiger partial charge in [-0.15, -0.1) is 26.3 Å². The van der Waals surface area contributed by atoms with Crippen molar-refractivity contribution in [3.05, 3.63) is 74.8 Å². The molecule has 1 aliphatic rings. The Morgan fingerprint density at radius 3 is 2.04 bits per heavy atom. The number of thiazole rings is 1. The minimum atomic E-state index is -5.01. The van der Waals surface area contributed by atoms with Crippen LogP contribution in [0, 0.1) is 0 Å². The number of hydrogen-bond acceptors (Lipinski definition) is 10. The van der Waals surface area contributed by atoms with Crippen molar-refractivity contribution in [2.45, 2.75) is 30.2 Å². The smallest absolute Gasteiger partial charge is 0.406 e. The summed E-state index contributed by atoms with van der Waals surface area (Å²) in [7, 11) is -4.51. The summed E-state index contributed by atoms with van der Waals surface area (Å²) in [5.74, 6) is -2.00. The van der Waals surface area contributed by atoms with E-state index < -0.39 is 62.2 Å². The van der Waals surface area contributed by atoms with Crippen molar-refractivity contribution in [3.63, 3.8) is 0 Å². The molecule has 0 spiro atoms. The largest absolute Gasteiger partial charge is 0.573 e. The molecule has 1 aliphatic heterocycles. The fourth-order valence-electron chi connectivity index (χ4n) is 4.49. The third kappa shape index (κ3) is 7.42. The van der Waals surface area contributed by atoms with Gasteiger partial charge in [-0.2, -0.15) is 4.31 Å². The molecule has 0 unspecified atom stereocenters. The maximum atomic E-state index is 13.7. The van der Waals surface area contributed by atoms with Crippen LogP contribution in [0.1, 0.15) is 5.56 Å². The molecular formula is C25H20F6N6O7S2. The molecule has 21 heteroatoms. The van der Waals surface area contributed by atoms with Crippen LogP contribution < -0.4 is 30.8 Å². The molecule has 46 heavy (non-hydrogen) atoms. The van der Waals surface area contributed by atoms with Gasteiger partial charge in [0.05, 0.1) is 4.90 Å². The lowest BCUT2D eigenvalue weighted by Crippen LogP contribution is -2.60. The van der Waals surface area contributed by atoms with Crippen LogP contribution >= 0.6 is 11.3 Å². The van der Waals surface area contributed by atoms with Crippen LogP contribution in [0.5, 0.6) is 11.5 Å². The number of piperazine rings is 1. The summed E-state index contributed by atoms with van der Waals surface area (Å²) in [4.78, 5) is 43.1. The SMILES string of the molecule is O=C(NCc1ccc(OC(F)(F)F)cc1)[C@H]1CN(c2nc3c(=O)[nH][nH]c(=O)c3s2)CCN1S(=O)(=O)c1ccc(OC(F)(F)F)cc1. The van der Waals surface area contributed by atoms with Gasteiger partial charge in [-0.3, -0.25) is 24.6 Å². The van der Waals surface area contributed by atoms with E-state index in [9.17, 15) is 49.1 Å². The highest BCUT2D eigenvalue weighted by Gasteiger charge is 2.41. The number of anilines is 1. The molecular weight excluding hydrogens is 674 g/mol. The van der Waals surface area contributed by atoms with Crippen LogP contribution in [0.15, 0.2) is 63.0 Å². The lowest BCUT2D eigenvalue weighted by molar-refractivity contribution is -0.275. The van der Waals surface area contributed by atoms with E-state index in [0.29, 0.717) is 5.56 Å². The molecule has 2 aromatic heterocycles. The second kappa shape index (κ2) is 12.3. The van der Waals surface area contributed by atoms with Gasteiger partial charge in [0.15, 0.2) is 10.6 Å². The van der Waals surface area contributed by atoms with Crippen molar-refractivity contribution in [3.8, 4) is 11.5 Å². The second-order valence-corrected chi connectivity index (χ2v) is 12.5. The molecule has 0 saturated carbocycles. The number of benzene rings is 2. The number of aromatic amines is 2. The molecule has 4 aromatic rings. The van der Waals surface area contributed by atoms with Crippen molar-refractivity contribution in [1.29, 1.82) is 0 Å². The summed E-state index contributed by atoms with van der Waals surface area (Å²) in [6, 6.07) is 6.45. The number of rotatable bonds is 8. The first-order valence-electron chi connectivity index (χ1n) is 12.9. The van der Waals surface area contributed by atoms with Gasteiger partial charge < -0.3 is 19.7 Å². The van der Waals surface area contributed by atoms with E-state index in [-0.39, 0.29) is 41.5 Å². The van der Waals surface area contributed by atoms with Gasteiger partial charge in [-0.1, -0.05) is 23.5 Å². The van der Waals surface area contributed by atoms with Gasteiger partial charge in [-0.05, 0) is 42.0 Å². The summed E-state index contributed by atoms with van der Waals surface area (Å²) in [6.07, 6.45) is -9.92. The van der Waals surface area contributed by atoms with Gasteiger partial charge >= 0.3 is 12.7 Å². The maximum Gasteiger partial charge on any atom is 0.573 e. The zero-order chi connectivity index (χ0) is 33.4. The Bertz CT molecular complexity index is 1910. The van der Waals surface area contributed by atoms with Crippen LogP contribution in [0.4, 0.5) is 31.5 Å². The monoisotopic (exact) mass is 694 g/mol. The zero-order valence-electron chi connectivity index (χ0n) is 22.8. The fraction of sp³-hybridized carbons (Fsp3) is 0.280. The highest BCUT2D eigenvalue weighted by molar-refractivity contribution is 7.89. The number of ether oxygens (including phenoxy) is 2. The molecule has 13 nitrogen and oxygen atoms in total. The Hall–Kier alpha value is -4.63. The molecule has 0 bridgehead atoms. The van der Waals surface area contributed by atoms with Crippen molar-refractivity contribution in [1.82, 2.24) is 24.8 Å². The predicted octanol–water partition coefficient (Wildman–Crippen LogP) is 2.67. The number of fused-ring (bicyclic) bond motifs is 1. The van der Waals surface area contributed by atoms with Crippen LogP contribution in [-0.2, 0) is 21.4 Å². The molecule has 2 aromatic carbocycles. The number of carbonyl (C=O) groups is 1. The lowest BCUT2D eigenvalue weighted by Gasteiger charge is -2.39.